The lowest BCUT2D eigenvalue weighted by molar-refractivity contribution is 0.316. The quantitative estimate of drug-likeness (QED) is 0.816. The number of halogens is 1. The van der Waals surface area contributed by atoms with Crippen molar-refractivity contribution in [3.63, 3.8) is 0 Å². The van der Waals surface area contributed by atoms with E-state index in [2.05, 4.69) is 23.8 Å². The summed E-state index contributed by atoms with van der Waals surface area (Å²) in [5, 5.41) is 0. The molecular formula is C19H24FN3O2S. The van der Waals surface area contributed by atoms with Crippen molar-refractivity contribution in [2.24, 2.45) is 0 Å². The maximum absolute atomic E-state index is 13.3. The molecule has 0 bridgehead atoms. The van der Waals surface area contributed by atoms with Crippen LogP contribution in [0.3, 0.4) is 0 Å². The van der Waals surface area contributed by atoms with Crippen molar-refractivity contribution in [1.82, 2.24) is 14.3 Å². The first-order valence-electron chi connectivity index (χ1n) is 8.88. The molecule has 0 spiro atoms. The zero-order valence-corrected chi connectivity index (χ0v) is 16.1. The monoisotopic (exact) mass is 377 g/mol. The van der Waals surface area contributed by atoms with Gasteiger partial charge in [0.2, 0.25) is 10.0 Å². The highest BCUT2D eigenvalue weighted by Crippen LogP contribution is 2.31. The van der Waals surface area contributed by atoms with Crippen molar-refractivity contribution < 1.29 is 12.8 Å². The molecule has 7 heteroatoms. The van der Waals surface area contributed by atoms with Crippen molar-refractivity contribution in [1.29, 1.82) is 0 Å². The second-order valence-corrected chi connectivity index (χ2v) is 8.99. The predicted molar refractivity (Wildman–Crippen MR) is 98.0 cm³/mol. The Morgan fingerprint density at radius 3 is 2.50 bits per heavy atom. The van der Waals surface area contributed by atoms with Gasteiger partial charge in [0.05, 0.1) is 4.90 Å². The number of sulfonamides is 1. The molecule has 0 saturated carbocycles. The molecule has 1 aromatic carbocycles. The van der Waals surface area contributed by atoms with Gasteiger partial charge in [0.15, 0.2) is 0 Å². The highest BCUT2D eigenvalue weighted by Gasteiger charge is 2.31. The standard InChI is InChI=1S/C19H24FN3O2S/c1-13(2)19-21-9-6-17(22-19)15-7-10-23(11-8-15)26(24,25)18-5-4-16(20)12-14(18)3/h4-6,9,12-13,15H,7-8,10-11H2,1-3H3. The van der Waals surface area contributed by atoms with Crippen molar-refractivity contribution in [2.45, 2.75) is 50.3 Å². The molecule has 0 N–H and O–H groups in total. The average molecular weight is 377 g/mol. The zero-order valence-electron chi connectivity index (χ0n) is 15.3. The molecule has 1 saturated heterocycles. The summed E-state index contributed by atoms with van der Waals surface area (Å²) in [6.07, 6.45) is 3.21. The third-order valence-corrected chi connectivity index (χ3v) is 6.90. The topological polar surface area (TPSA) is 63.2 Å². The molecule has 2 aromatic rings. The Kier molecular flexibility index (Phi) is 5.39. The molecule has 3 rings (SSSR count). The van der Waals surface area contributed by atoms with Gasteiger partial charge >= 0.3 is 0 Å². The van der Waals surface area contributed by atoms with Crippen LogP contribution in [0.15, 0.2) is 35.4 Å². The second kappa shape index (κ2) is 7.40. The predicted octanol–water partition coefficient (Wildman–Crippen LogP) is 3.62. The van der Waals surface area contributed by atoms with E-state index in [1.54, 1.807) is 13.1 Å². The summed E-state index contributed by atoms with van der Waals surface area (Å²) in [5.41, 5.74) is 1.42. The van der Waals surface area contributed by atoms with Gasteiger partial charge in [-0.3, -0.25) is 0 Å². The van der Waals surface area contributed by atoms with Crippen LogP contribution in [-0.2, 0) is 10.0 Å². The van der Waals surface area contributed by atoms with E-state index < -0.39 is 15.8 Å². The van der Waals surface area contributed by atoms with Crippen LogP contribution in [0, 0.1) is 12.7 Å². The van der Waals surface area contributed by atoms with E-state index in [0.29, 0.717) is 31.5 Å². The summed E-state index contributed by atoms with van der Waals surface area (Å²) in [7, 11) is -3.60. The Bertz CT molecular complexity index is 891. The van der Waals surface area contributed by atoms with Crippen LogP contribution >= 0.6 is 0 Å². The Morgan fingerprint density at radius 1 is 1.19 bits per heavy atom. The first kappa shape index (κ1) is 18.9. The fourth-order valence-corrected chi connectivity index (χ4v) is 5.00. The van der Waals surface area contributed by atoms with E-state index in [4.69, 9.17) is 0 Å². The normalized spacial score (nSPS) is 17.0. The van der Waals surface area contributed by atoms with E-state index in [0.717, 1.165) is 11.5 Å². The summed E-state index contributed by atoms with van der Waals surface area (Å²) in [6, 6.07) is 5.73. The fourth-order valence-electron chi connectivity index (χ4n) is 3.33. The molecule has 0 amide bonds. The minimum absolute atomic E-state index is 0.182. The number of rotatable bonds is 4. The lowest BCUT2D eigenvalue weighted by Gasteiger charge is -2.31. The molecule has 1 fully saturated rings. The minimum atomic E-state index is -3.60. The summed E-state index contributed by atoms with van der Waals surface area (Å²) in [4.78, 5) is 9.12. The fraction of sp³-hybridized carbons (Fsp3) is 0.474. The van der Waals surface area contributed by atoms with E-state index in [9.17, 15) is 12.8 Å². The number of aromatic nitrogens is 2. The Morgan fingerprint density at radius 2 is 1.88 bits per heavy atom. The summed E-state index contributed by atoms with van der Waals surface area (Å²) in [6.45, 7) is 6.60. The third-order valence-electron chi connectivity index (χ3n) is 4.84. The number of nitrogens with zero attached hydrogens (tertiary/aromatic N) is 3. The Hall–Kier alpha value is -1.86. The van der Waals surface area contributed by atoms with Crippen LogP contribution in [0.2, 0.25) is 0 Å². The molecule has 2 heterocycles. The maximum Gasteiger partial charge on any atom is 0.243 e. The molecule has 0 aliphatic carbocycles. The van der Waals surface area contributed by atoms with E-state index >= 15 is 0 Å². The molecule has 1 aliphatic heterocycles. The van der Waals surface area contributed by atoms with Crippen molar-refractivity contribution in [2.75, 3.05) is 13.1 Å². The third kappa shape index (κ3) is 3.78. The molecule has 1 aromatic heterocycles. The van der Waals surface area contributed by atoms with Gasteiger partial charge in [-0.25, -0.2) is 22.8 Å². The SMILES string of the molecule is Cc1cc(F)ccc1S(=O)(=O)N1CCC(c2ccnc(C(C)C)n2)CC1. The van der Waals surface area contributed by atoms with Crippen LogP contribution in [0.25, 0.3) is 0 Å². The number of aryl methyl sites for hydroxylation is 1. The van der Waals surface area contributed by atoms with Crippen LogP contribution in [-0.4, -0.2) is 35.8 Å². The van der Waals surface area contributed by atoms with Crippen LogP contribution in [0.1, 0.15) is 55.6 Å². The molecule has 1 aliphatic rings. The van der Waals surface area contributed by atoms with Gasteiger partial charge in [-0.1, -0.05) is 13.8 Å². The smallest absolute Gasteiger partial charge is 0.241 e. The van der Waals surface area contributed by atoms with Gasteiger partial charge in [0.1, 0.15) is 11.6 Å². The first-order chi connectivity index (χ1) is 12.3. The van der Waals surface area contributed by atoms with Crippen LogP contribution in [0.5, 0.6) is 0 Å². The molecule has 0 radical (unpaired) electrons. The average Bonchev–Trinajstić information content (AvgIpc) is 2.61. The van der Waals surface area contributed by atoms with Crippen molar-refractivity contribution in [3.05, 3.63) is 53.4 Å². The number of hydrogen-bond acceptors (Lipinski definition) is 4. The number of benzene rings is 1. The number of piperidine rings is 1. The van der Waals surface area contributed by atoms with Gasteiger partial charge in [0.25, 0.3) is 0 Å². The molecule has 5 nitrogen and oxygen atoms in total. The lowest BCUT2D eigenvalue weighted by Crippen LogP contribution is -2.38. The summed E-state index contributed by atoms with van der Waals surface area (Å²) < 4.78 is 40.5. The largest absolute Gasteiger partial charge is 0.243 e. The van der Waals surface area contributed by atoms with Gasteiger partial charge < -0.3 is 0 Å². The zero-order chi connectivity index (χ0) is 18.9. The van der Waals surface area contributed by atoms with Gasteiger partial charge in [-0.05, 0) is 49.6 Å². The van der Waals surface area contributed by atoms with Crippen molar-refractivity contribution >= 4 is 10.0 Å². The molecular weight excluding hydrogens is 353 g/mol. The van der Waals surface area contributed by atoms with E-state index in [1.165, 1.54) is 22.5 Å². The second-order valence-electron chi connectivity index (χ2n) is 7.08. The molecule has 26 heavy (non-hydrogen) atoms. The highest BCUT2D eigenvalue weighted by molar-refractivity contribution is 7.89. The summed E-state index contributed by atoms with van der Waals surface area (Å²) in [5.74, 6) is 0.887. The Balaban J connectivity index is 1.74. The van der Waals surface area contributed by atoms with Gasteiger partial charge in [0, 0.05) is 36.8 Å². The van der Waals surface area contributed by atoms with Crippen LogP contribution in [0.4, 0.5) is 4.39 Å². The molecule has 0 unspecified atom stereocenters. The molecule has 140 valence electrons. The van der Waals surface area contributed by atoms with E-state index in [1.807, 2.05) is 6.07 Å². The van der Waals surface area contributed by atoms with Crippen LogP contribution < -0.4 is 0 Å². The molecule has 0 atom stereocenters. The van der Waals surface area contributed by atoms with Crippen molar-refractivity contribution in [3.8, 4) is 0 Å². The Labute approximate surface area is 154 Å². The minimum Gasteiger partial charge on any atom is -0.241 e. The van der Waals surface area contributed by atoms with Gasteiger partial charge in [-0.15, -0.1) is 0 Å². The van der Waals surface area contributed by atoms with Gasteiger partial charge in [-0.2, -0.15) is 4.31 Å². The maximum atomic E-state index is 13.3. The number of hydrogen-bond donors (Lipinski definition) is 0. The highest BCUT2D eigenvalue weighted by atomic mass is 32.2. The first-order valence-corrected chi connectivity index (χ1v) is 10.3. The van der Waals surface area contributed by atoms with E-state index in [-0.39, 0.29) is 16.7 Å². The summed E-state index contributed by atoms with van der Waals surface area (Å²) >= 11 is 0. The lowest BCUT2D eigenvalue weighted by atomic mass is 9.94.